The number of aromatic nitrogens is 2. The lowest BCUT2D eigenvalue weighted by atomic mass is 10.3. The summed E-state index contributed by atoms with van der Waals surface area (Å²) in [6.07, 6.45) is 1.47. The second-order valence-corrected chi connectivity index (χ2v) is 4.57. The molecule has 5 heteroatoms. The Morgan fingerprint density at radius 3 is 2.76 bits per heavy atom. The zero-order valence-corrected chi connectivity index (χ0v) is 10.6. The Labute approximate surface area is 107 Å². The second-order valence-electron chi connectivity index (χ2n) is 3.44. The third-order valence-corrected chi connectivity index (χ3v) is 2.40. The van der Waals surface area contributed by atoms with Gasteiger partial charge in [-0.25, -0.2) is 4.98 Å². The molecule has 1 N–H and O–H groups in total. The third-order valence-electron chi connectivity index (χ3n) is 2.12. The maximum atomic E-state index is 11.7. The summed E-state index contributed by atoms with van der Waals surface area (Å²) in [4.78, 5) is 20.1. The fourth-order valence-corrected chi connectivity index (χ4v) is 1.47. The molecular formula is C12H10BrN3O. The predicted octanol–water partition coefficient (Wildman–Crippen LogP) is 2.27. The van der Waals surface area contributed by atoms with Crippen molar-refractivity contribution in [2.75, 3.05) is 6.54 Å². The van der Waals surface area contributed by atoms with Gasteiger partial charge in [-0.3, -0.25) is 9.78 Å². The van der Waals surface area contributed by atoms with E-state index in [1.54, 1.807) is 0 Å². The zero-order chi connectivity index (χ0) is 12.3. The maximum Gasteiger partial charge on any atom is 0.271 e. The predicted molar refractivity (Wildman–Crippen MR) is 69.9 cm³/mol. The first-order valence-corrected chi connectivity index (χ1v) is 5.79. The van der Waals surface area contributed by atoms with Crippen molar-refractivity contribution >= 4 is 32.9 Å². The normalized spacial score (nSPS) is 10.2. The fourth-order valence-electron chi connectivity index (χ4n) is 1.33. The van der Waals surface area contributed by atoms with Crippen LogP contribution in [0.15, 0.2) is 41.5 Å². The van der Waals surface area contributed by atoms with E-state index in [0.717, 1.165) is 5.52 Å². The highest BCUT2D eigenvalue weighted by Crippen LogP contribution is 2.08. The monoisotopic (exact) mass is 291 g/mol. The van der Waals surface area contributed by atoms with Crippen LogP contribution in [-0.2, 0) is 0 Å². The van der Waals surface area contributed by atoms with Crippen LogP contribution < -0.4 is 5.32 Å². The summed E-state index contributed by atoms with van der Waals surface area (Å²) in [6, 6.07) is 7.41. The van der Waals surface area contributed by atoms with Crippen LogP contribution >= 0.6 is 15.9 Å². The smallest absolute Gasteiger partial charge is 0.271 e. The average molecular weight is 292 g/mol. The van der Waals surface area contributed by atoms with Gasteiger partial charge >= 0.3 is 0 Å². The molecule has 0 aliphatic rings. The number of benzene rings is 1. The molecule has 0 unspecified atom stereocenters. The summed E-state index contributed by atoms with van der Waals surface area (Å²) in [5.41, 5.74) is 1.78. The Kier molecular flexibility index (Phi) is 3.49. The number of nitrogens with zero attached hydrogens (tertiary/aromatic N) is 2. The van der Waals surface area contributed by atoms with Crippen LogP contribution in [0.3, 0.4) is 0 Å². The minimum atomic E-state index is -0.260. The highest BCUT2D eigenvalue weighted by molar-refractivity contribution is 9.11. The van der Waals surface area contributed by atoms with E-state index in [-0.39, 0.29) is 5.91 Å². The molecule has 2 rings (SSSR count). The summed E-state index contributed by atoms with van der Waals surface area (Å²) >= 11 is 3.17. The van der Waals surface area contributed by atoms with Crippen LogP contribution in [0.25, 0.3) is 11.0 Å². The molecule has 0 spiro atoms. The van der Waals surface area contributed by atoms with E-state index in [1.807, 2.05) is 24.3 Å². The van der Waals surface area contributed by atoms with Crippen LogP contribution in [0.4, 0.5) is 0 Å². The van der Waals surface area contributed by atoms with Crippen molar-refractivity contribution in [1.82, 2.24) is 15.3 Å². The van der Waals surface area contributed by atoms with Crippen molar-refractivity contribution in [3.8, 4) is 0 Å². The van der Waals surface area contributed by atoms with Gasteiger partial charge in [0.2, 0.25) is 0 Å². The quantitative estimate of drug-likeness (QED) is 0.944. The van der Waals surface area contributed by atoms with Gasteiger partial charge in [0, 0.05) is 11.0 Å². The number of hydrogen-bond acceptors (Lipinski definition) is 3. The van der Waals surface area contributed by atoms with E-state index in [0.29, 0.717) is 22.2 Å². The van der Waals surface area contributed by atoms with Gasteiger partial charge in [-0.15, -0.1) is 0 Å². The van der Waals surface area contributed by atoms with Crippen molar-refractivity contribution in [2.24, 2.45) is 0 Å². The van der Waals surface area contributed by atoms with Gasteiger partial charge in [0.1, 0.15) is 5.69 Å². The fraction of sp³-hybridized carbons (Fsp3) is 0.0833. The van der Waals surface area contributed by atoms with E-state index >= 15 is 0 Å². The number of para-hydroxylation sites is 2. The van der Waals surface area contributed by atoms with Gasteiger partial charge in [0.15, 0.2) is 0 Å². The van der Waals surface area contributed by atoms with Crippen LogP contribution in [0, 0.1) is 0 Å². The van der Waals surface area contributed by atoms with Crippen LogP contribution in [0.5, 0.6) is 0 Å². The molecule has 1 heterocycles. The number of fused-ring (bicyclic) bond motifs is 1. The molecule has 1 aromatic carbocycles. The second kappa shape index (κ2) is 5.05. The van der Waals surface area contributed by atoms with E-state index in [9.17, 15) is 4.79 Å². The van der Waals surface area contributed by atoms with E-state index in [4.69, 9.17) is 0 Å². The first kappa shape index (κ1) is 11.7. The molecule has 0 saturated heterocycles. The lowest BCUT2D eigenvalue weighted by Crippen LogP contribution is -2.25. The molecule has 86 valence electrons. The van der Waals surface area contributed by atoms with Gasteiger partial charge in [-0.05, 0) is 12.1 Å². The van der Waals surface area contributed by atoms with Gasteiger partial charge in [-0.1, -0.05) is 34.6 Å². The molecule has 2 aromatic rings. The van der Waals surface area contributed by atoms with E-state index in [1.165, 1.54) is 6.20 Å². The Morgan fingerprint density at radius 1 is 1.35 bits per heavy atom. The molecule has 0 fully saturated rings. The molecule has 0 aliphatic carbocycles. The third kappa shape index (κ3) is 2.88. The minimum Gasteiger partial charge on any atom is -0.346 e. The van der Waals surface area contributed by atoms with Gasteiger partial charge in [0.25, 0.3) is 5.91 Å². The van der Waals surface area contributed by atoms with E-state index in [2.05, 4.69) is 37.8 Å². The summed E-state index contributed by atoms with van der Waals surface area (Å²) in [5.74, 6) is -0.260. The highest BCUT2D eigenvalue weighted by Gasteiger charge is 2.08. The van der Waals surface area contributed by atoms with Crippen molar-refractivity contribution in [1.29, 1.82) is 0 Å². The van der Waals surface area contributed by atoms with Crippen molar-refractivity contribution in [3.05, 3.63) is 47.2 Å². The molecule has 1 amide bonds. The van der Waals surface area contributed by atoms with Crippen molar-refractivity contribution < 1.29 is 4.79 Å². The van der Waals surface area contributed by atoms with Gasteiger partial charge in [0.05, 0.1) is 17.2 Å². The molecule has 17 heavy (non-hydrogen) atoms. The number of rotatable bonds is 3. The molecule has 0 saturated carbocycles. The number of halogens is 1. The molecule has 4 nitrogen and oxygen atoms in total. The van der Waals surface area contributed by atoms with E-state index < -0.39 is 0 Å². The molecule has 1 aromatic heterocycles. The number of carbonyl (C=O) groups is 1. The standard InChI is InChI=1S/C12H10BrN3O/c1-8(13)6-15-12(17)11-7-14-9-4-2-3-5-10(9)16-11/h2-5,7H,1,6H2,(H,15,17). The molecule has 0 radical (unpaired) electrons. The summed E-state index contributed by atoms with van der Waals surface area (Å²) < 4.78 is 0.708. The number of carbonyl (C=O) groups excluding carboxylic acids is 1. The Hall–Kier alpha value is -1.75. The summed E-state index contributed by atoms with van der Waals surface area (Å²) in [7, 11) is 0. The topological polar surface area (TPSA) is 54.9 Å². The number of amides is 1. The molecule has 0 aliphatic heterocycles. The number of nitrogens with one attached hydrogen (secondary N) is 1. The van der Waals surface area contributed by atoms with Crippen LogP contribution in [0.1, 0.15) is 10.5 Å². The Balaban J connectivity index is 2.24. The summed E-state index contributed by atoms with van der Waals surface area (Å²) in [5, 5.41) is 2.68. The zero-order valence-electron chi connectivity index (χ0n) is 8.98. The van der Waals surface area contributed by atoms with Crippen molar-refractivity contribution in [3.63, 3.8) is 0 Å². The van der Waals surface area contributed by atoms with Crippen molar-refractivity contribution in [2.45, 2.75) is 0 Å². The SMILES string of the molecule is C=C(Br)CNC(=O)c1cnc2ccccc2n1. The first-order valence-electron chi connectivity index (χ1n) is 5.00. The largest absolute Gasteiger partial charge is 0.346 e. The highest BCUT2D eigenvalue weighted by atomic mass is 79.9. The van der Waals surface area contributed by atoms with Crippen LogP contribution in [-0.4, -0.2) is 22.4 Å². The lowest BCUT2D eigenvalue weighted by Gasteiger charge is -2.03. The molecular weight excluding hydrogens is 282 g/mol. The maximum absolute atomic E-state index is 11.7. The lowest BCUT2D eigenvalue weighted by molar-refractivity contribution is 0.0953. The molecule has 0 atom stereocenters. The summed E-state index contributed by atoms with van der Waals surface area (Å²) in [6.45, 7) is 4.00. The number of hydrogen-bond donors (Lipinski definition) is 1. The van der Waals surface area contributed by atoms with Gasteiger partial charge in [-0.2, -0.15) is 0 Å². The Morgan fingerprint density at radius 2 is 2.06 bits per heavy atom. The average Bonchev–Trinajstić information content (AvgIpc) is 2.35. The molecule has 0 bridgehead atoms. The van der Waals surface area contributed by atoms with Crippen LogP contribution in [0.2, 0.25) is 0 Å². The first-order chi connectivity index (χ1) is 8.16. The minimum absolute atomic E-state index is 0.260. The van der Waals surface area contributed by atoms with Gasteiger partial charge < -0.3 is 5.32 Å². The Bertz CT molecular complexity index is 583.